The predicted molar refractivity (Wildman–Crippen MR) is 144 cm³/mol. The maximum atomic E-state index is 12.9. The lowest BCUT2D eigenvalue weighted by atomic mass is 9.38. The van der Waals surface area contributed by atoms with Crippen LogP contribution < -0.4 is 5.73 Å². The number of carboxylic acid groups (broad SMARTS) is 1. The van der Waals surface area contributed by atoms with Crippen molar-refractivity contribution in [3.05, 3.63) is 11.6 Å². The van der Waals surface area contributed by atoms with Gasteiger partial charge in [-0.3, -0.25) is 4.79 Å². The topological polar surface area (TPSA) is 104 Å². The minimum Gasteiger partial charge on any atom is -0.481 e. The number of carbonyl (C=O) groups is 1. The van der Waals surface area contributed by atoms with Crippen LogP contribution in [0, 0.1) is 44.8 Å². The molecule has 0 heterocycles. The van der Waals surface area contributed by atoms with Crippen molar-refractivity contribution in [3.8, 4) is 0 Å². The molecule has 5 heteroatoms. The fourth-order valence-corrected chi connectivity index (χ4v) is 10.1. The van der Waals surface area contributed by atoms with Gasteiger partial charge in [-0.25, -0.2) is 0 Å². The SMILES string of the molecule is C[C@@H]1CCC2(C(=O)O)CC[C@]3(C)C(=CCC[C@@]3(C)CC[C@@H]3C(C)(C)C[C@@H](O)C(O)C3(C)C)[C@]2(N)[C@H]1C. The molecule has 3 fully saturated rings. The molecule has 9 atom stereocenters. The van der Waals surface area contributed by atoms with Crippen LogP contribution in [0.1, 0.15) is 113 Å². The summed E-state index contributed by atoms with van der Waals surface area (Å²) in [7, 11) is 0. The van der Waals surface area contributed by atoms with Crippen molar-refractivity contribution < 1.29 is 20.1 Å². The van der Waals surface area contributed by atoms with Gasteiger partial charge in [-0.1, -0.05) is 61.5 Å². The molecule has 0 saturated heterocycles. The molecule has 3 saturated carbocycles. The Morgan fingerprint density at radius 3 is 2.28 bits per heavy atom. The Morgan fingerprint density at radius 1 is 1.03 bits per heavy atom. The first-order chi connectivity index (χ1) is 16.4. The third kappa shape index (κ3) is 3.54. The minimum absolute atomic E-state index is 0.00168. The molecule has 5 N–H and O–H groups in total. The van der Waals surface area contributed by atoms with Gasteiger partial charge < -0.3 is 21.1 Å². The molecule has 0 spiro atoms. The maximum Gasteiger partial charge on any atom is 0.311 e. The van der Waals surface area contributed by atoms with E-state index in [9.17, 15) is 20.1 Å². The van der Waals surface area contributed by atoms with Crippen LogP contribution in [-0.4, -0.2) is 39.0 Å². The van der Waals surface area contributed by atoms with Gasteiger partial charge in [0.25, 0.3) is 0 Å². The molecule has 0 radical (unpaired) electrons. The Morgan fingerprint density at radius 2 is 1.67 bits per heavy atom. The van der Waals surface area contributed by atoms with E-state index in [1.54, 1.807) is 0 Å². The number of fused-ring (bicyclic) bond motifs is 3. The molecule has 2 unspecified atom stereocenters. The fraction of sp³-hybridized carbons (Fsp3) is 0.903. The summed E-state index contributed by atoms with van der Waals surface area (Å²) < 4.78 is 0. The van der Waals surface area contributed by atoms with Gasteiger partial charge in [0.05, 0.1) is 23.2 Å². The van der Waals surface area contributed by atoms with E-state index in [2.05, 4.69) is 61.5 Å². The van der Waals surface area contributed by atoms with E-state index in [-0.39, 0.29) is 33.5 Å². The van der Waals surface area contributed by atoms with Gasteiger partial charge in [0, 0.05) is 0 Å². The summed E-state index contributed by atoms with van der Waals surface area (Å²) in [5.74, 6) is 0.0802. The molecular weight excluding hydrogens is 450 g/mol. The van der Waals surface area contributed by atoms with Crippen LogP contribution in [0.4, 0.5) is 0 Å². The summed E-state index contributed by atoms with van der Waals surface area (Å²) in [6, 6.07) is 0. The van der Waals surface area contributed by atoms with Crippen molar-refractivity contribution in [1.82, 2.24) is 0 Å². The lowest BCUT2D eigenvalue weighted by Gasteiger charge is -2.67. The van der Waals surface area contributed by atoms with Gasteiger partial charge in [-0.15, -0.1) is 0 Å². The van der Waals surface area contributed by atoms with Crippen molar-refractivity contribution in [3.63, 3.8) is 0 Å². The van der Waals surface area contributed by atoms with E-state index >= 15 is 0 Å². The van der Waals surface area contributed by atoms with Crippen molar-refractivity contribution >= 4 is 5.97 Å². The van der Waals surface area contributed by atoms with E-state index in [1.807, 2.05) is 0 Å². The van der Waals surface area contributed by atoms with Gasteiger partial charge >= 0.3 is 5.97 Å². The molecule has 4 aliphatic rings. The second-order valence-electron chi connectivity index (χ2n) is 15.2. The quantitative estimate of drug-likeness (QED) is 0.356. The number of aliphatic hydroxyl groups excluding tert-OH is 2. The van der Waals surface area contributed by atoms with Crippen LogP contribution in [0.3, 0.4) is 0 Å². The molecule has 0 aromatic carbocycles. The van der Waals surface area contributed by atoms with E-state index in [0.717, 1.165) is 38.5 Å². The summed E-state index contributed by atoms with van der Waals surface area (Å²) >= 11 is 0. The number of hydrogen-bond acceptors (Lipinski definition) is 4. The monoisotopic (exact) mass is 503 g/mol. The maximum absolute atomic E-state index is 12.9. The summed E-state index contributed by atoms with van der Waals surface area (Å²) in [6.45, 7) is 17.9. The van der Waals surface area contributed by atoms with Crippen molar-refractivity contribution in [2.45, 2.75) is 131 Å². The molecule has 0 amide bonds. The summed E-state index contributed by atoms with van der Waals surface area (Å²) in [4.78, 5) is 12.9. The second kappa shape index (κ2) is 8.55. The Kier molecular flexibility index (Phi) is 6.67. The van der Waals surface area contributed by atoms with Crippen molar-refractivity contribution in [1.29, 1.82) is 0 Å². The average Bonchev–Trinajstić information content (AvgIpc) is 2.76. The number of carboxylic acids is 1. The zero-order chi connectivity index (χ0) is 27.1. The third-order valence-electron chi connectivity index (χ3n) is 13.0. The normalized spacial score (nSPS) is 50.0. The Bertz CT molecular complexity index is 926. The average molecular weight is 504 g/mol. The Labute approximate surface area is 219 Å². The highest BCUT2D eigenvalue weighted by Gasteiger charge is 2.69. The highest BCUT2D eigenvalue weighted by atomic mass is 16.4. The lowest BCUT2D eigenvalue weighted by Crippen LogP contribution is -2.73. The molecule has 0 bridgehead atoms. The number of rotatable bonds is 4. The van der Waals surface area contributed by atoms with E-state index in [4.69, 9.17) is 5.73 Å². The van der Waals surface area contributed by atoms with E-state index < -0.39 is 29.1 Å². The molecule has 0 aromatic rings. The zero-order valence-electron chi connectivity index (χ0n) is 24.2. The highest BCUT2D eigenvalue weighted by molar-refractivity contribution is 5.79. The summed E-state index contributed by atoms with van der Waals surface area (Å²) in [5.41, 5.74) is 6.37. The first kappa shape index (κ1) is 28.1. The first-order valence-corrected chi connectivity index (χ1v) is 14.5. The molecule has 0 aliphatic heterocycles. The summed E-state index contributed by atoms with van der Waals surface area (Å²) in [5, 5.41) is 32.1. The lowest BCUT2D eigenvalue weighted by molar-refractivity contribution is -0.170. The van der Waals surface area contributed by atoms with Crippen LogP contribution in [0.5, 0.6) is 0 Å². The molecule has 4 rings (SSSR count). The molecule has 0 aromatic heterocycles. The van der Waals surface area contributed by atoms with Crippen LogP contribution in [0.25, 0.3) is 0 Å². The van der Waals surface area contributed by atoms with Crippen LogP contribution >= 0.6 is 0 Å². The van der Waals surface area contributed by atoms with Crippen molar-refractivity contribution in [2.75, 3.05) is 0 Å². The summed E-state index contributed by atoms with van der Waals surface area (Å²) in [6.07, 6.45) is 8.66. The van der Waals surface area contributed by atoms with Gasteiger partial charge in [0.1, 0.15) is 0 Å². The van der Waals surface area contributed by atoms with Gasteiger partial charge in [0.2, 0.25) is 0 Å². The second-order valence-corrected chi connectivity index (χ2v) is 15.2. The van der Waals surface area contributed by atoms with Crippen molar-refractivity contribution in [2.24, 2.45) is 50.6 Å². The number of aliphatic hydroxyl groups is 2. The number of aliphatic carboxylic acids is 1. The van der Waals surface area contributed by atoms with E-state index in [1.165, 1.54) is 5.57 Å². The van der Waals surface area contributed by atoms with Crippen LogP contribution in [0.2, 0.25) is 0 Å². The van der Waals surface area contributed by atoms with E-state index in [0.29, 0.717) is 25.2 Å². The zero-order valence-corrected chi connectivity index (χ0v) is 24.2. The molecule has 206 valence electrons. The minimum atomic E-state index is -0.879. The first-order valence-electron chi connectivity index (χ1n) is 14.5. The molecule has 4 aliphatic carbocycles. The smallest absolute Gasteiger partial charge is 0.311 e. The standard InChI is InChI=1S/C31H53NO4/c1-19-11-15-30(25(35)36)17-16-29(8)23(31(30,32)20(19)2)10-9-13-28(29,7)14-12-22-26(3,4)18-21(33)24(34)27(22,5)6/h10,19-22,24,33-34H,9,11-18,32H2,1-8H3,(H,35,36)/t19-,20+,21-,22-,24?,28+,29-,30?,31-/m1/s1. The van der Waals surface area contributed by atoms with Gasteiger partial charge in [0.15, 0.2) is 0 Å². The highest BCUT2D eigenvalue weighted by Crippen LogP contribution is 2.69. The Hall–Kier alpha value is -0.910. The number of hydrogen-bond donors (Lipinski definition) is 4. The Balaban J connectivity index is 1.70. The van der Waals surface area contributed by atoms with Gasteiger partial charge in [-0.05, 0) is 103 Å². The fourth-order valence-electron chi connectivity index (χ4n) is 10.1. The molecule has 5 nitrogen and oxygen atoms in total. The third-order valence-corrected chi connectivity index (χ3v) is 13.0. The molecule has 36 heavy (non-hydrogen) atoms. The van der Waals surface area contributed by atoms with Crippen LogP contribution in [-0.2, 0) is 4.79 Å². The molecular formula is C31H53NO4. The number of nitrogens with two attached hydrogens (primary N) is 1. The largest absolute Gasteiger partial charge is 0.481 e. The van der Waals surface area contributed by atoms with Gasteiger partial charge in [-0.2, -0.15) is 0 Å². The predicted octanol–water partition coefficient (Wildman–Crippen LogP) is 5.92. The van der Waals surface area contributed by atoms with Crippen LogP contribution in [0.15, 0.2) is 11.6 Å². The number of allylic oxidation sites excluding steroid dienone is 1.